The normalized spacial score (nSPS) is 10.8. The van der Waals surface area contributed by atoms with Crippen molar-refractivity contribution in [3.8, 4) is 11.4 Å². The van der Waals surface area contributed by atoms with Gasteiger partial charge in [-0.1, -0.05) is 0 Å². The summed E-state index contributed by atoms with van der Waals surface area (Å²) in [4.78, 5) is 8.72. The first-order valence-electron chi connectivity index (χ1n) is 5.10. The van der Waals surface area contributed by atoms with E-state index in [-0.39, 0.29) is 0 Å². The van der Waals surface area contributed by atoms with E-state index >= 15 is 0 Å². The van der Waals surface area contributed by atoms with Crippen LogP contribution in [-0.2, 0) is 7.05 Å². The van der Waals surface area contributed by atoms with Gasteiger partial charge in [0, 0.05) is 24.0 Å². The summed E-state index contributed by atoms with van der Waals surface area (Å²) in [5, 5.41) is 4.17. The van der Waals surface area contributed by atoms with Gasteiger partial charge in [0.2, 0.25) is 0 Å². The van der Waals surface area contributed by atoms with Crippen molar-refractivity contribution < 1.29 is 0 Å². The molecule has 5 nitrogen and oxygen atoms in total. The van der Waals surface area contributed by atoms with Crippen LogP contribution in [0.2, 0.25) is 0 Å². The Bertz CT molecular complexity index is 518. The van der Waals surface area contributed by atoms with Crippen molar-refractivity contribution in [2.24, 2.45) is 7.05 Å². The Labute approximate surface area is 94.3 Å². The quantitative estimate of drug-likeness (QED) is 0.783. The van der Waals surface area contributed by atoms with Crippen LogP contribution < -0.4 is 5.73 Å². The molecule has 0 amide bonds. The van der Waals surface area contributed by atoms with E-state index in [9.17, 15) is 0 Å². The monoisotopic (exact) mass is 217 g/mol. The molecule has 0 atom stereocenters. The Balaban J connectivity index is 2.61. The van der Waals surface area contributed by atoms with E-state index in [1.54, 1.807) is 10.9 Å². The van der Waals surface area contributed by atoms with Crippen molar-refractivity contribution in [1.29, 1.82) is 0 Å². The van der Waals surface area contributed by atoms with Crippen molar-refractivity contribution in [2.75, 3.05) is 5.73 Å². The smallest absolute Gasteiger partial charge is 0.165 e. The Morgan fingerprint density at radius 3 is 2.38 bits per heavy atom. The molecule has 0 fully saturated rings. The topological polar surface area (TPSA) is 69.6 Å². The van der Waals surface area contributed by atoms with Crippen molar-refractivity contribution >= 4 is 5.82 Å². The maximum absolute atomic E-state index is 5.84. The van der Waals surface area contributed by atoms with Gasteiger partial charge in [-0.25, -0.2) is 9.97 Å². The molecule has 2 aromatic heterocycles. The first kappa shape index (κ1) is 10.6. The minimum atomic E-state index is 0.533. The van der Waals surface area contributed by atoms with Crippen LogP contribution >= 0.6 is 0 Å². The Kier molecular flexibility index (Phi) is 2.38. The van der Waals surface area contributed by atoms with E-state index < -0.39 is 0 Å². The highest BCUT2D eigenvalue weighted by atomic mass is 15.3. The fourth-order valence-electron chi connectivity index (χ4n) is 1.49. The second-order valence-electron chi connectivity index (χ2n) is 3.91. The SMILES string of the molecule is Cc1nc(-c2cnn(C)c2C)nc(N)c1C. The molecule has 2 N–H and O–H groups in total. The average Bonchev–Trinajstić information content (AvgIpc) is 2.56. The summed E-state index contributed by atoms with van der Waals surface area (Å²) in [5.41, 5.74) is 9.64. The summed E-state index contributed by atoms with van der Waals surface area (Å²) < 4.78 is 1.80. The van der Waals surface area contributed by atoms with Crippen molar-refractivity contribution in [2.45, 2.75) is 20.8 Å². The van der Waals surface area contributed by atoms with E-state index in [1.807, 2.05) is 27.8 Å². The fraction of sp³-hybridized carbons (Fsp3) is 0.364. The molecule has 0 radical (unpaired) electrons. The van der Waals surface area contributed by atoms with Gasteiger partial charge >= 0.3 is 0 Å². The van der Waals surface area contributed by atoms with Gasteiger partial charge in [0.05, 0.1) is 11.8 Å². The lowest BCUT2D eigenvalue weighted by molar-refractivity contribution is 0.740. The number of rotatable bonds is 1. The highest BCUT2D eigenvalue weighted by Crippen LogP contribution is 2.22. The number of nitrogens with zero attached hydrogens (tertiary/aromatic N) is 4. The first-order chi connectivity index (χ1) is 7.50. The number of aromatic nitrogens is 4. The lowest BCUT2D eigenvalue weighted by Crippen LogP contribution is -2.02. The maximum Gasteiger partial charge on any atom is 0.165 e. The van der Waals surface area contributed by atoms with E-state index in [1.165, 1.54) is 0 Å². The molecule has 2 heterocycles. The number of aryl methyl sites for hydroxylation is 2. The van der Waals surface area contributed by atoms with Crippen LogP contribution in [-0.4, -0.2) is 19.7 Å². The molecule has 0 bridgehead atoms. The highest BCUT2D eigenvalue weighted by molar-refractivity contribution is 5.60. The number of anilines is 1. The largest absolute Gasteiger partial charge is 0.383 e. The fourth-order valence-corrected chi connectivity index (χ4v) is 1.49. The molecule has 0 aliphatic carbocycles. The van der Waals surface area contributed by atoms with Gasteiger partial charge in [0.25, 0.3) is 0 Å². The molecule has 0 aliphatic rings. The predicted molar refractivity (Wildman–Crippen MR) is 62.9 cm³/mol. The van der Waals surface area contributed by atoms with Crippen molar-refractivity contribution in [3.05, 3.63) is 23.1 Å². The molecule has 84 valence electrons. The average molecular weight is 217 g/mol. The molecule has 0 aliphatic heterocycles. The summed E-state index contributed by atoms with van der Waals surface area (Å²) in [5.74, 6) is 1.18. The zero-order chi connectivity index (χ0) is 11.9. The van der Waals surface area contributed by atoms with Gasteiger partial charge in [0.1, 0.15) is 5.82 Å². The van der Waals surface area contributed by atoms with Crippen LogP contribution in [0.4, 0.5) is 5.82 Å². The molecule has 2 aromatic rings. The number of hydrogen-bond acceptors (Lipinski definition) is 4. The van der Waals surface area contributed by atoms with Crippen LogP contribution in [0.1, 0.15) is 17.0 Å². The van der Waals surface area contributed by atoms with E-state index in [0.717, 1.165) is 22.5 Å². The molecular weight excluding hydrogens is 202 g/mol. The summed E-state index contributed by atoms with van der Waals surface area (Å²) in [7, 11) is 1.89. The van der Waals surface area contributed by atoms with Crippen LogP contribution in [0.15, 0.2) is 6.20 Å². The first-order valence-corrected chi connectivity index (χ1v) is 5.10. The van der Waals surface area contributed by atoms with Gasteiger partial charge in [-0.05, 0) is 20.8 Å². The third-order valence-electron chi connectivity index (χ3n) is 2.90. The standard InChI is InChI=1S/C11H15N5/c1-6-7(2)14-11(15-10(6)12)9-5-13-16(4)8(9)3/h5H,1-4H3,(H2,12,14,15). The molecule has 2 rings (SSSR count). The number of nitrogen functional groups attached to an aromatic ring is 1. The van der Waals surface area contributed by atoms with Crippen LogP contribution in [0, 0.1) is 20.8 Å². The summed E-state index contributed by atoms with van der Waals surface area (Å²) in [6, 6.07) is 0. The Morgan fingerprint density at radius 1 is 1.19 bits per heavy atom. The van der Waals surface area contributed by atoms with Crippen LogP contribution in [0.5, 0.6) is 0 Å². The molecular formula is C11H15N5. The van der Waals surface area contributed by atoms with Crippen molar-refractivity contribution in [3.63, 3.8) is 0 Å². The van der Waals surface area contributed by atoms with Gasteiger partial charge < -0.3 is 5.73 Å². The highest BCUT2D eigenvalue weighted by Gasteiger charge is 2.12. The third-order valence-corrected chi connectivity index (χ3v) is 2.90. The van der Waals surface area contributed by atoms with Gasteiger partial charge in [-0.3, -0.25) is 4.68 Å². The number of nitrogens with two attached hydrogens (primary N) is 1. The molecule has 5 heteroatoms. The Hall–Kier alpha value is -1.91. The van der Waals surface area contributed by atoms with Crippen molar-refractivity contribution in [1.82, 2.24) is 19.7 Å². The minimum Gasteiger partial charge on any atom is -0.383 e. The van der Waals surface area contributed by atoms with Crippen LogP contribution in [0.25, 0.3) is 11.4 Å². The predicted octanol–water partition coefficient (Wildman–Crippen LogP) is 1.38. The molecule has 16 heavy (non-hydrogen) atoms. The summed E-state index contributed by atoms with van der Waals surface area (Å²) >= 11 is 0. The Morgan fingerprint density at radius 2 is 1.88 bits per heavy atom. The molecule has 0 saturated heterocycles. The van der Waals surface area contributed by atoms with E-state index in [4.69, 9.17) is 5.73 Å². The molecule has 0 spiro atoms. The zero-order valence-electron chi connectivity index (χ0n) is 9.94. The van der Waals surface area contributed by atoms with E-state index in [2.05, 4.69) is 15.1 Å². The zero-order valence-corrected chi connectivity index (χ0v) is 9.94. The maximum atomic E-state index is 5.84. The molecule has 0 aromatic carbocycles. The van der Waals surface area contributed by atoms with Crippen LogP contribution in [0.3, 0.4) is 0 Å². The lowest BCUT2D eigenvalue weighted by Gasteiger charge is -2.06. The molecule has 0 unspecified atom stereocenters. The second kappa shape index (κ2) is 3.59. The summed E-state index contributed by atoms with van der Waals surface area (Å²) in [6.07, 6.45) is 1.76. The number of hydrogen-bond donors (Lipinski definition) is 1. The summed E-state index contributed by atoms with van der Waals surface area (Å²) in [6.45, 7) is 5.84. The second-order valence-corrected chi connectivity index (χ2v) is 3.91. The third kappa shape index (κ3) is 1.54. The molecule has 0 saturated carbocycles. The van der Waals surface area contributed by atoms with Gasteiger partial charge in [-0.15, -0.1) is 0 Å². The lowest BCUT2D eigenvalue weighted by atomic mass is 10.2. The van der Waals surface area contributed by atoms with E-state index in [0.29, 0.717) is 11.6 Å². The minimum absolute atomic E-state index is 0.533. The van der Waals surface area contributed by atoms with Gasteiger partial charge in [-0.2, -0.15) is 5.10 Å². The van der Waals surface area contributed by atoms with Gasteiger partial charge in [0.15, 0.2) is 5.82 Å².